The molecule has 0 N–H and O–H groups in total. The van der Waals surface area contributed by atoms with Gasteiger partial charge in [0.05, 0.1) is 24.6 Å². The van der Waals surface area contributed by atoms with Crippen molar-refractivity contribution in [2.24, 2.45) is 0 Å². The van der Waals surface area contributed by atoms with E-state index in [2.05, 4.69) is 25.7 Å². The van der Waals surface area contributed by atoms with Gasteiger partial charge in [-0.1, -0.05) is 15.9 Å². The Hall–Kier alpha value is -1.11. The van der Waals surface area contributed by atoms with E-state index in [9.17, 15) is 18.0 Å². The highest BCUT2D eigenvalue weighted by Gasteiger charge is 2.27. The molecule has 0 aromatic carbocycles. The normalized spacial score (nSPS) is 10.6. The zero-order valence-corrected chi connectivity index (χ0v) is 9.72. The summed E-state index contributed by atoms with van der Waals surface area (Å²) in [7, 11) is 0.991. The molecule has 1 aromatic heterocycles. The van der Waals surface area contributed by atoms with Crippen molar-refractivity contribution in [2.45, 2.75) is 11.8 Å². The number of alkyl halides is 3. The first-order chi connectivity index (χ1) is 7.52. The summed E-state index contributed by atoms with van der Waals surface area (Å²) in [6.07, 6.45) is -2.28. The molecule has 0 aliphatic rings. The van der Waals surface area contributed by atoms with Crippen molar-refractivity contribution in [3.05, 3.63) is 28.8 Å². The summed E-state index contributed by atoms with van der Waals surface area (Å²) in [5.41, 5.74) is -1.58. The van der Waals surface area contributed by atoms with Crippen LogP contribution in [0.5, 0.6) is 0 Å². The number of methoxy groups -OCH3 is 1. The van der Waals surface area contributed by atoms with Crippen molar-refractivity contribution >= 4 is 21.9 Å². The fourth-order valence-electron chi connectivity index (χ4n) is 1.19. The molecule has 0 amide bonds. The van der Waals surface area contributed by atoms with E-state index in [1.165, 1.54) is 0 Å². The number of esters is 1. The fourth-order valence-corrected chi connectivity index (χ4v) is 1.64. The third-order valence-electron chi connectivity index (χ3n) is 1.89. The van der Waals surface area contributed by atoms with Gasteiger partial charge in [0.1, 0.15) is 5.56 Å². The first-order valence-corrected chi connectivity index (χ1v) is 5.24. The second kappa shape index (κ2) is 5.29. The molecule has 16 heavy (non-hydrogen) atoms. The molecule has 0 bridgehead atoms. The first-order valence-electron chi connectivity index (χ1n) is 4.12. The zero-order valence-electron chi connectivity index (χ0n) is 8.14. The third kappa shape index (κ3) is 2.34. The van der Waals surface area contributed by atoms with E-state index in [1.54, 1.807) is 0 Å². The number of pyridine rings is 1. The van der Waals surface area contributed by atoms with Crippen LogP contribution >= 0.6 is 15.9 Å². The minimum absolute atomic E-state index is 0.00303. The van der Waals surface area contributed by atoms with Gasteiger partial charge in [0.15, 0.2) is 5.82 Å². The summed E-state index contributed by atoms with van der Waals surface area (Å²) >= 11 is 2.94. The highest BCUT2D eigenvalue weighted by molar-refractivity contribution is 9.08. The number of rotatable bonds is 3. The SMILES string of the molecule is COC(=O)c1c(F)cnc(CBr)c1C(F)F. The molecule has 7 heteroatoms. The van der Waals surface area contributed by atoms with Gasteiger partial charge in [-0.3, -0.25) is 4.98 Å². The summed E-state index contributed by atoms with van der Waals surface area (Å²) in [6, 6.07) is 0. The van der Waals surface area contributed by atoms with Gasteiger partial charge in [-0.05, 0) is 0 Å². The summed E-state index contributed by atoms with van der Waals surface area (Å²) in [6.45, 7) is 0. The molecule has 1 rings (SSSR count). The number of aromatic nitrogens is 1. The van der Waals surface area contributed by atoms with E-state index in [0.29, 0.717) is 6.20 Å². The number of halogens is 4. The van der Waals surface area contributed by atoms with E-state index >= 15 is 0 Å². The van der Waals surface area contributed by atoms with Gasteiger partial charge in [-0.15, -0.1) is 0 Å². The van der Waals surface area contributed by atoms with Crippen molar-refractivity contribution in [1.82, 2.24) is 4.98 Å². The van der Waals surface area contributed by atoms with E-state index in [1.807, 2.05) is 0 Å². The fraction of sp³-hybridized carbons (Fsp3) is 0.333. The molecule has 0 saturated heterocycles. The zero-order chi connectivity index (χ0) is 12.3. The Kier molecular flexibility index (Phi) is 4.28. The maximum Gasteiger partial charge on any atom is 0.341 e. The number of hydrogen-bond acceptors (Lipinski definition) is 3. The minimum Gasteiger partial charge on any atom is -0.465 e. The molecule has 3 nitrogen and oxygen atoms in total. The van der Waals surface area contributed by atoms with Crippen LogP contribution in [-0.4, -0.2) is 18.1 Å². The van der Waals surface area contributed by atoms with Crippen molar-refractivity contribution < 1.29 is 22.7 Å². The quantitative estimate of drug-likeness (QED) is 0.636. The molecule has 1 aromatic rings. The number of carbonyl (C=O) groups is 1. The molecular formula is C9H7BrF3NO2. The van der Waals surface area contributed by atoms with E-state index in [4.69, 9.17) is 0 Å². The van der Waals surface area contributed by atoms with Crippen LogP contribution in [0, 0.1) is 5.82 Å². The molecule has 0 aliphatic heterocycles. The Balaban J connectivity index is 3.48. The summed E-state index contributed by atoms with van der Waals surface area (Å²) in [5, 5.41) is -0.00303. The lowest BCUT2D eigenvalue weighted by atomic mass is 10.1. The molecule has 0 aliphatic carbocycles. The second-order valence-corrected chi connectivity index (χ2v) is 3.33. The number of carbonyl (C=O) groups excluding carboxylic acids is 1. The highest BCUT2D eigenvalue weighted by Crippen LogP contribution is 2.29. The van der Waals surface area contributed by atoms with E-state index in [0.717, 1.165) is 7.11 Å². The van der Waals surface area contributed by atoms with Gasteiger partial charge >= 0.3 is 5.97 Å². The lowest BCUT2D eigenvalue weighted by molar-refractivity contribution is 0.0582. The standard InChI is InChI=1S/C9H7BrF3NO2/c1-16-9(15)6-4(11)3-14-5(2-10)7(6)8(12)13/h3,8H,2H2,1H3. The van der Waals surface area contributed by atoms with Crippen molar-refractivity contribution in [3.63, 3.8) is 0 Å². The van der Waals surface area contributed by atoms with Gasteiger partial charge in [0, 0.05) is 5.33 Å². The largest absolute Gasteiger partial charge is 0.465 e. The predicted octanol–water partition coefficient (Wildman–Crippen LogP) is 2.84. The first kappa shape index (κ1) is 13.0. The molecule has 1 heterocycles. The molecule has 0 atom stereocenters. The second-order valence-electron chi connectivity index (χ2n) is 2.77. The average molecular weight is 298 g/mol. The number of nitrogens with zero attached hydrogens (tertiary/aromatic N) is 1. The summed E-state index contributed by atoms with van der Waals surface area (Å²) in [5.74, 6) is -2.26. The monoisotopic (exact) mass is 297 g/mol. The van der Waals surface area contributed by atoms with Gasteiger partial charge in [-0.25, -0.2) is 18.0 Å². The Morgan fingerprint density at radius 3 is 2.69 bits per heavy atom. The Bertz CT molecular complexity index is 412. The van der Waals surface area contributed by atoms with Crippen molar-refractivity contribution in [1.29, 1.82) is 0 Å². The van der Waals surface area contributed by atoms with E-state index in [-0.39, 0.29) is 11.0 Å². The number of hydrogen-bond donors (Lipinski definition) is 0. The molecule has 88 valence electrons. The van der Waals surface area contributed by atoms with Crippen LogP contribution in [0.1, 0.15) is 28.0 Å². The third-order valence-corrected chi connectivity index (χ3v) is 2.42. The topological polar surface area (TPSA) is 39.2 Å². The van der Waals surface area contributed by atoms with Crippen LogP contribution in [0.4, 0.5) is 13.2 Å². The molecule has 0 saturated carbocycles. The lowest BCUT2D eigenvalue weighted by Crippen LogP contribution is -2.12. The van der Waals surface area contributed by atoms with Crippen LogP contribution < -0.4 is 0 Å². The van der Waals surface area contributed by atoms with Gasteiger partial charge < -0.3 is 4.74 Å². The van der Waals surface area contributed by atoms with Crippen molar-refractivity contribution in [3.8, 4) is 0 Å². The van der Waals surface area contributed by atoms with Crippen molar-refractivity contribution in [2.75, 3.05) is 7.11 Å². The number of ether oxygens (including phenoxy) is 1. The van der Waals surface area contributed by atoms with Crippen LogP contribution in [-0.2, 0) is 10.1 Å². The lowest BCUT2D eigenvalue weighted by Gasteiger charge is -2.11. The van der Waals surface area contributed by atoms with Crippen LogP contribution in [0.3, 0.4) is 0 Å². The minimum atomic E-state index is -3.00. The van der Waals surface area contributed by atoms with Gasteiger partial charge in [-0.2, -0.15) is 0 Å². The van der Waals surface area contributed by atoms with Gasteiger partial charge in [0.25, 0.3) is 6.43 Å². The van der Waals surface area contributed by atoms with Crippen LogP contribution in [0.15, 0.2) is 6.20 Å². The molecule has 0 radical (unpaired) electrons. The summed E-state index contributed by atoms with van der Waals surface area (Å²) < 4.78 is 42.9. The average Bonchev–Trinajstić information content (AvgIpc) is 2.27. The Labute approximate surface area is 97.8 Å². The summed E-state index contributed by atoms with van der Waals surface area (Å²) in [4.78, 5) is 14.7. The van der Waals surface area contributed by atoms with Crippen LogP contribution in [0.25, 0.3) is 0 Å². The predicted molar refractivity (Wildman–Crippen MR) is 53.1 cm³/mol. The maximum absolute atomic E-state index is 13.3. The smallest absolute Gasteiger partial charge is 0.341 e. The Morgan fingerprint density at radius 1 is 1.62 bits per heavy atom. The molecular weight excluding hydrogens is 291 g/mol. The molecule has 0 spiro atoms. The Morgan fingerprint density at radius 2 is 2.25 bits per heavy atom. The highest BCUT2D eigenvalue weighted by atomic mass is 79.9. The van der Waals surface area contributed by atoms with Gasteiger partial charge in [0.2, 0.25) is 0 Å². The molecule has 0 unspecified atom stereocenters. The van der Waals surface area contributed by atoms with Crippen LogP contribution in [0.2, 0.25) is 0 Å². The maximum atomic E-state index is 13.3. The van der Waals surface area contributed by atoms with E-state index < -0.39 is 29.3 Å². The molecule has 0 fully saturated rings.